The molecule has 0 bridgehead atoms. The number of aliphatic hydroxyl groups is 1. The minimum atomic E-state index is -1.30. The molecule has 2 saturated carbocycles. The van der Waals surface area contributed by atoms with E-state index in [1.807, 2.05) is 12.1 Å². The van der Waals surface area contributed by atoms with Gasteiger partial charge in [0.2, 0.25) is 0 Å². The second-order valence-electron chi connectivity index (χ2n) is 9.23. The Morgan fingerprint density at radius 3 is 2.53 bits per heavy atom. The van der Waals surface area contributed by atoms with E-state index in [2.05, 4.69) is 5.32 Å². The zero-order valence-corrected chi connectivity index (χ0v) is 17.5. The molecule has 3 aliphatic rings. The third kappa shape index (κ3) is 3.41. The average Bonchev–Trinajstić information content (AvgIpc) is 3.55. The number of nitrogens with one attached hydrogen (secondary N) is 1. The monoisotopic (exact) mass is 433 g/mol. The number of rotatable bonds is 5. The van der Waals surface area contributed by atoms with Crippen LogP contribution in [0.25, 0.3) is 0 Å². The third-order valence-corrected chi connectivity index (χ3v) is 7.45. The Morgan fingerprint density at radius 2 is 1.80 bits per heavy atom. The second kappa shape index (κ2) is 7.47. The smallest absolute Gasteiger partial charge is 0.165 e. The molecule has 1 heterocycles. The van der Waals surface area contributed by atoms with Crippen molar-refractivity contribution in [1.82, 2.24) is 5.32 Å². The fourth-order valence-corrected chi connectivity index (χ4v) is 5.47. The molecule has 3 nitrogen and oxygen atoms in total. The highest BCUT2D eigenvalue weighted by molar-refractivity contribution is 6.30. The molecule has 6 heteroatoms. The van der Waals surface area contributed by atoms with Crippen LogP contribution in [0.15, 0.2) is 36.4 Å². The van der Waals surface area contributed by atoms with Gasteiger partial charge in [-0.05, 0) is 80.8 Å². The van der Waals surface area contributed by atoms with E-state index in [0.717, 1.165) is 36.6 Å². The molecule has 160 valence electrons. The lowest BCUT2D eigenvalue weighted by atomic mass is 9.55. The van der Waals surface area contributed by atoms with Crippen LogP contribution in [0.3, 0.4) is 0 Å². The first-order valence-corrected chi connectivity index (χ1v) is 11.1. The molecule has 1 unspecified atom stereocenters. The highest BCUT2D eigenvalue weighted by Gasteiger charge is 2.60. The standard InChI is InChI=1S/C24H26ClF2NO2/c25-17-5-3-15(4-6-17)11-23-10-9-18(28-13-16-1-2-16)12-24(23,29)14-30-22-20(27)8-7-19(26)21(22)23/h3-8,16,18,28-29H,1-2,9-14H2/t18-,23?,24+/m1/s1. The van der Waals surface area contributed by atoms with Crippen molar-refractivity contribution in [2.45, 2.75) is 55.6 Å². The molecule has 1 aliphatic heterocycles. The van der Waals surface area contributed by atoms with Gasteiger partial charge in [-0.1, -0.05) is 23.7 Å². The zero-order chi connectivity index (χ0) is 20.9. The van der Waals surface area contributed by atoms with Gasteiger partial charge >= 0.3 is 0 Å². The van der Waals surface area contributed by atoms with Crippen LogP contribution in [0.4, 0.5) is 8.78 Å². The van der Waals surface area contributed by atoms with Crippen LogP contribution in [0.5, 0.6) is 5.75 Å². The van der Waals surface area contributed by atoms with Crippen molar-refractivity contribution < 1.29 is 18.6 Å². The maximum absolute atomic E-state index is 15.2. The summed E-state index contributed by atoms with van der Waals surface area (Å²) in [5.41, 5.74) is -1.16. The molecular formula is C24H26ClF2NO2. The Balaban J connectivity index is 1.56. The van der Waals surface area contributed by atoms with Gasteiger partial charge in [-0.2, -0.15) is 0 Å². The predicted molar refractivity (Wildman–Crippen MR) is 112 cm³/mol. The molecule has 0 aromatic heterocycles. The number of hydrogen-bond acceptors (Lipinski definition) is 3. The quantitative estimate of drug-likeness (QED) is 0.713. The normalized spacial score (nSPS) is 30.3. The lowest BCUT2D eigenvalue weighted by Crippen LogP contribution is -2.65. The van der Waals surface area contributed by atoms with Crippen LogP contribution >= 0.6 is 11.6 Å². The van der Waals surface area contributed by atoms with Crippen LogP contribution in [-0.2, 0) is 11.8 Å². The number of ether oxygens (including phenoxy) is 1. The Hall–Kier alpha value is -1.69. The maximum atomic E-state index is 15.2. The molecule has 2 fully saturated rings. The van der Waals surface area contributed by atoms with Crippen molar-refractivity contribution in [3.05, 3.63) is 64.2 Å². The van der Waals surface area contributed by atoms with Gasteiger partial charge < -0.3 is 15.2 Å². The minimum absolute atomic E-state index is 0.0461. The molecule has 0 saturated heterocycles. The first-order chi connectivity index (χ1) is 14.4. The molecule has 2 aromatic carbocycles. The van der Waals surface area contributed by atoms with E-state index in [9.17, 15) is 9.50 Å². The lowest BCUT2D eigenvalue weighted by Gasteiger charge is -2.55. The van der Waals surface area contributed by atoms with Crippen molar-refractivity contribution in [2.24, 2.45) is 5.92 Å². The van der Waals surface area contributed by atoms with Crippen LogP contribution in [0, 0.1) is 17.6 Å². The van der Waals surface area contributed by atoms with E-state index in [-0.39, 0.29) is 24.0 Å². The summed E-state index contributed by atoms with van der Waals surface area (Å²) in [6.45, 7) is 0.904. The van der Waals surface area contributed by atoms with E-state index in [1.54, 1.807) is 12.1 Å². The van der Waals surface area contributed by atoms with E-state index in [0.29, 0.717) is 24.3 Å². The molecular weight excluding hydrogens is 408 g/mol. The number of halogens is 3. The zero-order valence-electron chi connectivity index (χ0n) is 16.8. The average molecular weight is 434 g/mol. The van der Waals surface area contributed by atoms with Crippen LogP contribution in [0.1, 0.15) is 43.2 Å². The van der Waals surface area contributed by atoms with Crippen molar-refractivity contribution in [3.8, 4) is 5.75 Å². The lowest BCUT2D eigenvalue weighted by molar-refractivity contribution is -0.121. The summed E-state index contributed by atoms with van der Waals surface area (Å²) >= 11 is 6.04. The van der Waals surface area contributed by atoms with Crippen LogP contribution in [-0.4, -0.2) is 29.9 Å². The minimum Gasteiger partial charge on any atom is -0.487 e. The summed E-state index contributed by atoms with van der Waals surface area (Å²) in [5.74, 6) is -0.436. The molecule has 30 heavy (non-hydrogen) atoms. The Labute approximate surface area is 180 Å². The highest BCUT2D eigenvalue weighted by atomic mass is 35.5. The van der Waals surface area contributed by atoms with Crippen molar-refractivity contribution >= 4 is 11.6 Å². The molecule has 0 spiro atoms. The molecule has 0 amide bonds. The number of benzene rings is 2. The fourth-order valence-electron chi connectivity index (χ4n) is 5.35. The Kier molecular flexibility index (Phi) is 5.04. The first kappa shape index (κ1) is 20.2. The fraction of sp³-hybridized carbons (Fsp3) is 0.500. The number of hydrogen-bond donors (Lipinski definition) is 2. The number of fused-ring (bicyclic) bond motifs is 3. The summed E-state index contributed by atoms with van der Waals surface area (Å²) < 4.78 is 35.4. The largest absolute Gasteiger partial charge is 0.487 e. The first-order valence-electron chi connectivity index (χ1n) is 10.7. The highest BCUT2D eigenvalue weighted by Crippen LogP contribution is 2.55. The molecule has 2 aromatic rings. The molecule has 0 radical (unpaired) electrons. The Morgan fingerprint density at radius 1 is 1.07 bits per heavy atom. The van der Waals surface area contributed by atoms with Crippen molar-refractivity contribution in [1.29, 1.82) is 0 Å². The third-order valence-electron chi connectivity index (χ3n) is 7.20. The van der Waals surface area contributed by atoms with Crippen LogP contribution < -0.4 is 10.1 Å². The molecule has 2 N–H and O–H groups in total. The summed E-state index contributed by atoms with van der Waals surface area (Å²) in [6, 6.07) is 9.73. The van der Waals surface area contributed by atoms with Crippen molar-refractivity contribution in [3.63, 3.8) is 0 Å². The van der Waals surface area contributed by atoms with Gasteiger partial charge in [-0.25, -0.2) is 8.78 Å². The molecule has 2 aliphatic carbocycles. The maximum Gasteiger partial charge on any atom is 0.165 e. The van der Waals surface area contributed by atoms with Gasteiger partial charge in [0, 0.05) is 22.0 Å². The van der Waals surface area contributed by atoms with E-state index in [1.165, 1.54) is 12.8 Å². The van der Waals surface area contributed by atoms with E-state index in [4.69, 9.17) is 16.3 Å². The van der Waals surface area contributed by atoms with Gasteiger partial charge in [0.25, 0.3) is 0 Å². The van der Waals surface area contributed by atoms with E-state index >= 15 is 4.39 Å². The summed E-state index contributed by atoms with van der Waals surface area (Å²) in [5, 5.41) is 16.1. The van der Waals surface area contributed by atoms with Gasteiger partial charge in [-0.15, -0.1) is 0 Å². The van der Waals surface area contributed by atoms with E-state index < -0.39 is 22.7 Å². The Bertz CT molecular complexity index is 949. The van der Waals surface area contributed by atoms with Gasteiger partial charge in [-0.3, -0.25) is 0 Å². The molecule has 5 rings (SSSR count). The van der Waals surface area contributed by atoms with Crippen LogP contribution in [0.2, 0.25) is 5.02 Å². The summed E-state index contributed by atoms with van der Waals surface area (Å²) in [7, 11) is 0. The van der Waals surface area contributed by atoms with Gasteiger partial charge in [0.05, 0.1) is 0 Å². The second-order valence-corrected chi connectivity index (χ2v) is 9.67. The van der Waals surface area contributed by atoms with Gasteiger partial charge in [0.15, 0.2) is 11.6 Å². The topological polar surface area (TPSA) is 41.5 Å². The summed E-state index contributed by atoms with van der Waals surface area (Å²) in [4.78, 5) is 0. The van der Waals surface area contributed by atoms with Crippen molar-refractivity contribution in [2.75, 3.05) is 13.2 Å². The predicted octanol–water partition coefficient (Wildman–Crippen LogP) is 4.77. The summed E-state index contributed by atoms with van der Waals surface area (Å²) in [6.07, 6.45) is 4.69. The SMILES string of the molecule is O[C@@]12COc3c(F)ccc(F)c3C1(Cc1ccc(Cl)cc1)CC[C@@H](NCC1CC1)C2. The van der Waals surface area contributed by atoms with Gasteiger partial charge in [0.1, 0.15) is 18.0 Å². The molecule has 3 atom stereocenters.